The van der Waals surface area contributed by atoms with Crippen LogP contribution < -0.4 is 5.32 Å². The minimum absolute atomic E-state index is 0.527. The van der Waals surface area contributed by atoms with Crippen LogP contribution in [0.4, 0.5) is 0 Å². The van der Waals surface area contributed by atoms with E-state index >= 15 is 0 Å². The topological polar surface area (TPSA) is 12.0 Å². The summed E-state index contributed by atoms with van der Waals surface area (Å²) in [5.74, 6) is 0. The number of hydrogen-bond donors (Lipinski definition) is 1. The Bertz CT molecular complexity index is 364. The summed E-state index contributed by atoms with van der Waals surface area (Å²) in [6, 6.07) is 9.43. The summed E-state index contributed by atoms with van der Waals surface area (Å²) in [7, 11) is 2.09. The van der Waals surface area contributed by atoms with Gasteiger partial charge in [0.15, 0.2) is 0 Å². The van der Waals surface area contributed by atoms with E-state index in [2.05, 4.69) is 62.2 Å². The lowest BCUT2D eigenvalue weighted by atomic mass is 9.87. The minimum atomic E-state index is 0.527. The molecule has 17 heavy (non-hydrogen) atoms. The minimum Gasteiger partial charge on any atom is -0.312 e. The zero-order valence-electron chi connectivity index (χ0n) is 11.1. The molecule has 2 rings (SSSR count). The quantitative estimate of drug-likeness (QED) is 0.871. The average molecular weight is 249 g/mol. The molecule has 0 saturated carbocycles. The van der Waals surface area contributed by atoms with Gasteiger partial charge in [0.2, 0.25) is 0 Å². The van der Waals surface area contributed by atoms with Crippen LogP contribution in [0, 0.1) is 0 Å². The fourth-order valence-electron chi connectivity index (χ4n) is 2.61. The third-order valence-electron chi connectivity index (χ3n) is 3.75. The van der Waals surface area contributed by atoms with Gasteiger partial charge in [-0.25, -0.2) is 0 Å². The second kappa shape index (κ2) is 5.92. The van der Waals surface area contributed by atoms with Crippen LogP contribution in [0.25, 0.3) is 0 Å². The number of hydrogen-bond acceptors (Lipinski definition) is 2. The Kier molecular flexibility index (Phi) is 4.52. The summed E-state index contributed by atoms with van der Waals surface area (Å²) < 4.78 is 0. The van der Waals surface area contributed by atoms with E-state index < -0.39 is 0 Å². The third kappa shape index (κ3) is 2.86. The Morgan fingerprint density at radius 3 is 2.88 bits per heavy atom. The van der Waals surface area contributed by atoms with Gasteiger partial charge in [0.1, 0.15) is 0 Å². The molecule has 0 aliphatic heterocycles. The normalized spacial score (nSPS) is 25.4. The molecule has 1 aliphatic rings. The summed E-state index contributed by atoms with van der Waals surface area (Å²) in [5.41, 5.74) is 3.05. The molecule has 0 spiro atoms. The van der Waals surface area contributed by atoms with Crippen LogP contribution in [-0.4, -0.2) is 17.5 Å². The highest BCUT2D eigenvalue weighted by molar-refractivity contribution is 8.00. The van der Waals surface area contributed by atoms with E-state index in [4.69, 9.17) is 0 Å². The molecular weight excluding hydrogens is 226 g/mol. The molecule has 1 N–H and O–H groups in total. The lowest BCUT2D eigenvalue weighted by molar-refractivity contribution is 0.509. The number of thioether (sulfide) groups is 1. The van der Waals surface area contributed by atoms with Gasteiger partial charge in [-0.3, -0.25) is 0 Å². The number of nitrogens with one attached hydrogen (secondary N) is 1. The van der Waals surface area contributed by atoms with E-state index in [-0.39, 0.29) is 0 Å². The molecule has 0 amide bonds. The van der Waals surface area contributed by atoms with Crippen LogP contribution in [0.3, 0.4) is 0 Å². The molecule has 2 heteroatoms. The first kappa shape index (κ1) is 13.0. The highest BCUT2D eigenvalue weighted by Gasteiger charge is 2.29. The van der Waals surface area contributed by atoms with Crippen LogP contribution in [0.5, 0.6) is 0 Å². The second-order valence-electron chi connectivity index (χ2n) is 4.90. The van der Waals surface area contributed by atoms with E-state index in [1.54, 1.807) is 0 Å². The number of aryl methyl sites for hydroxylation is 1. The Morgan fingerprint density at radius 2 is 2.18 bits per heavy atom. The van der Waals surface area contributed by atoms with Crippen LogP contribution >= 0.6 is 11.8 Å². The van der Waals surface area contributed by atoms with E-state index in [9.17, 15) is 0 Å². The predicted octanol–water partition coefficient (Wildman–Crippen LogP) is 3.79. The van der Waals surface area contributed by atoms with Crippen LogP contribution in [-0.2, 0) is 6.42 Å². The van der Waals surface area contributed by atoms with Crippen molar-refractivity contribution < 1.29 is 0 Å². The van der Waals surface area contributed by atoms with E-state index in [0.717, 1.165) is 10.5 Å². The Labute approximate surface area is 109 Å². The lowest BCUT2D eigenvalue weighted by Gasteiger charge is -2.34. The van der Waals surface area contributed by atoms with Gasteiger partial charge >= 0.3 is 0 Å². The summed E-state index contributed by atoms with van der Waals surface area (Å²) in [4.78, 5) is 0. The zero-order chi connectivity index (χ0) is 12.3. The number of fused-ring (bicyclic) bond motifs is 1. The van der Waals surface area contributed by atoms with Crippen molar-refractivity contribution in [2.75, 3.05) is 7.05 Å². The van der Waals surface area contributed by atoms with Gasteiger partial charge in [-0.1, -0.05) is 38.1 Å². The number of rotatable bonds is 4. The molecule has 0 aromatic heterocycles. The molecule has 0 bridgehead atoms. The van der Waals surface area contributed by atoms with Gasteiger partial charge in [-0.05, 0) is 37.4 Å². The van der Waals surface area contributed by atoms with Crippen LogP contribution in [0.1, 0.15) is 43.9 Å². The molecule has 94 valence electrons. The highest BCUT2D eigenvalue weighted by atomic mass is 32.2. The van der Waals surface area contributed by atoms with E-state index in [1.165, 1.54) is 30.4 Å². The van der Waals surface area contributed by atoms with Gasteiger partial charge in [-0.2, -0.15) is 11.8 Å². The number of benzene rings is 1. The molecule has 3 atom stereocenters. The van der Waals surface area contributed by atoms with Crippen LogP contribution in [0.2, 0.25) is 0 Å². The van der Waals surface area contributed by atoms with E-state index in [1.807, 2.05) is 0 Å². The monoisotopic (exact) mass is 249 g/mol. The summed E-state index contributed by atoms with van der Waals surface area (Å²) in [6.45, 7) is 4.63. The molecule has 1 nitrogen and oxygen atoms in total. The predicted molar refractivity (Wildman–Crippen MR) is 77.7 cm³/mol. The maximum absolute atomic E-state index is 3.52. The van der Waals surface area contributed by atoms with E-state index in [0.29, 0.717) is 6.04 Å². The molecular formula is C15H23NS. The molecule has 3 unspecified atom stereocenters. The largest absolute Gasteiger partial charge is 0.312 e. The molecule has 1 aromatic carbocycles. The van der Waals surface area contributed by atoms with Crippen molar-refractivity contribution in [2.45, 2.75) is 49.7 Å². The first-order valence-corrected chi connectivity index (χ1v) is 7.61. The first-order chi connectivity index (χ1) is 8.26. The molecule has 0 heterocycles. The fraction of sp³-hybridized carbons (Fsp3) is 0.600. The van der Waals surface area contributed by atoms with Gasteiger partial charge in [0, 0.05) is 16.5 Å². The fourth-order valence-corrected chi connectivity index (χ4v) is 4.10. The van der Waals surface area contributed by atoms with Gasteiger partial charge in [0.25, 0.3) is 0 Å². The van der Waals surface area contributed by atoms with Gasteiger partial charge in [0.05, 0.1) is 0 Å². The van der Waals surface area contributed by atoms with Crippen molar-refractivity contribution in [3.05, 3.63) is 35.4 Å². The summed E-state index contributed by atoms with van der Waals surface area (Å²) in [5, 5.41) is 5.01. The van der Waals surface area contributed by atoms with Gasteiger partial charge < -0.3 is 5.32 Å². The van der Waals surface area contributed by atoms with Crippen molar-refractivity contribution in [3.8, 4) is 0 Å². The van der Waals surface area contributed by atoms with Crippen molar-refractivity contribution in [1.29, 1.82) is 0 Å². The molecule has 0 radical (unpaired) electrons. The van der Waals surface area contributed by atoms with Crippen molar-refractivity contribution in [2.24, 2.45) is 0 Å². The summed E-state index contributed by atoms with van der Waals surface area (Å²) >= 11 is 2.15. The average Bonchev–Trinajstić information content (AvgIpc) is 2.38. The van der Waals surface area contributed by atoms with Crippen LogP contribution in [0.15, 0.2) is 24.3 Å². The van der Waals surface area contributed by atoms with Gasteiger partial charge in [-0.15, -0.1) is 0 Å². The third-order valence-corrected chi connectivity index (χ3v) is 5.41. The van der Waals surface area contributed by atoms with Crippen molar-refractivity contribution >= 4 is 11.8 Å². The smallest absolute Gasteiger partial charge is 0.0441 e. The SMILES string of the molecule is CCC(C)SC1CCc2ccccc2C1NC. The molecule has 0 saturated heterocycles. The van der Waals surface area contributed by atoms with Crippen molar-refractivity contribution in [1.82, 2.24) is 5.32 Å². The Hall–Kier alpha value is -0.470. The maximum atomic E-state index is 3.52. The molecule has 1 aromatic rings. The lowest BCUT2D eigenvalue weighted by Crippen LogP contribution is -2.33. The molecule has 0 fully saturated rings. The Morgan fingerprint density at radius 1 is 1.41 bits per heavy atom. The first-order valence-electron chi connectivity index (χ1n) is 6.66. The maximum Gasteiger partial charge on any atom is 0.0441 e. The zero-order valence-corrected chi connectivity index (χ0v) is 11.9. The highest BCUT2D eigenvalue weighted by Crippen LogP contribution is 2.38. The molecule has 1 aliphatic carbocycles. The standard InChI is InChI=1S/C15H23NS/c1-4-11(2)17-14-10-9-12-7-5-6-8-13(12)15(14)16-3/h5-8,11,14-16H,4,9-10H2,1-3H3. The Balaban J connectivity index is 2.17. The second-order valence-corrected chi connectivity index (χ2v) is 6.58. The van der Waals surface area contributed by atoms with Crippen molar-refractivity contribution in [3.63, 3.8) is 0 Å². The summed E-state index contributed by atoms with van der Waals surface area (Å²) in [6.07, 6.45) is 3.80.